The first-order chi connectivity index (χ1) is 9.12. The molecule has 0 aromatic heterocycles. The molecule has 0 aliphatic rings. The summed E-state index contributed by atoms with van der Waals surface area (Å²) in [4.78, 5) is 2.40. The summed E-state index contributed by atoms with van der Waals surface area (Å²) in [5, 5.41) is 3.77. The van der Waals surface area contributed by atoms with Gasteiger partial charge in [0.05, 0.1) is 6.04 Å². The van der Waals surface area contributed by atoms with Gasteiger partial charge in [-0.25, -0.2) is 0 Å². The minimum absolute atomic E-state index is 0.177. The van der Waals surface area contributed by atoms with Crippen molar-refractivity contribution in [2.45, 2.75) is 51.6 Å². The fourth-order valence-electron chi connectivity index (χ4n) is 3.10. The second-order valence-corrected chi connectivity index (χ2v) is 5.50. The highest BCUT2D eigenvalue weighted by Crippen LogP contribution is 2.35. The molecule has 0 aliphatic carbocycles. The van der Waals surface area contributed by atoms with Crippen LogP contribution in [-0.4, -0.2) is 31.1 Å². The molecule has 2 nitrogen and oxygen atoms in total. The lowest BCUT2D eigenvalue weighted by molar-refractivity contribution is 0.0881. The van der Waals surface area contributed by atoms with Crippen molar-refractivity contribution in [1.82, 2.24) is 10.2 Å². The lowest BCUT2D eigenvalue weighted by Gasteiger charge is -2.46. The first kappa shape index (κ1) is 16.2. The van der Waals surface area contributed by atoms with Gasteiger partial charge in [-0.05, 0) is 45.5 Å². The Morgan fingerprint density at radius 2 is 1.63 bits per heavy atom. The molecule has 2 heteroatoms. The summed E-state index contributed by atoms with van der Waals surface area (Å²) in [6.07, 6.45) is 3.46. The molecule has 0 saturated carbocycles. The van der Waals surface area contributed by atoms with Crippen LogP contribution in [0.4, 0.5) is 0 Å². The lowest BCUT2D eigenvalue weighted by atomic mass is 9.79. The van der Waals surface area contributed by atoms with E-state index in [1.54, 1.807) is 0 Å². The molecule has 0 bridgehead atoms. The highest BCUT2D eigenvalue weighted by molar-refractivity contribution is 5.23. The summed E-state index contributed by atoms with van der Waals surface area (Å²) in [7, 11) is 4.41. The fraction of sp³-hybridized carbons (Fsp3) is 0.647. The van der Waals surface area contributed by atoms with E-state index < -0.39 is 0 Å². The van der Waals surface area contributed by atoms with Crippen molar-refractivity contribution in [3.8, 4) is 0 Å². The second kappa shape index (κ2) is 7.66. The number of rotatable bonds is 8. The van der Waals surface area contributed by atoms with Gasteiger partial charge in [0.2, 0.25) is 0 Å². The third-order valence-electron chi connectivity index (χ3n) is 4.38. The van der Waals surface area contributed by atoms with Gasteiger partial charge < -0.3 is 10.2 Å². The average Bonchev–Trinajstić information content (AvgIpc) is 2.44. The maximum Gasteiger partial charge on any atom is 0.0506 e. The molecule has 1 unspecified atom stereocenters. The molecule has 0 spiro atoms. The van der Waals surface area contributed by atoms with Gasteiger partial charge in [-0.15, -0.1) is 0 Å². The third kappa shape index (κ3) is 3.58. The summed E-state index contributed by atoms with van der Waals surface area (Å²) >= 11 is 0. The quantitative estimate of drug-likeness (QED) is 0.765. The molecule has 108 valence electrons. The predicted molar refractivity (Wildman–Crippen MR) is 84.5 cm³/mol. The molecule has 1 aromatic carbocycles. The molecule has 0 aliphatic heterocycles. The van der Waals surface area contributed by atoms with Crippen LogP contribution in [0.15, 0.2) is 30.3 Å². The highest BCUT2D eigenvalue weighted by Gasteiger charge is 2.38. The topological polar surface area (TPSA) is 15.3 Å². The van der Waals surface area contributed by atoms with Crippen LogP contribution in [0.2, 0.25) is 0 Å². The van der Waals surface area contributed by atoms with Crippen molar-refractivity contribution in [3.05, 3.63) is 35.9 Å². The van der Waals surface area contributed by atoms with Gasteiger partial charge in [0.25, 0.3) is 0 Å². The Balaban J connectivity index is 3.14. The van der Waals surface area contributed by atoms with Crippen LogP contribution in [-0.2, 0) is 0 Å². The van der Waals surface area contributed by atoms with Crippen LogP contribution in [0.1, 0.15) is 51.6 Å². The van der Waals surface area contributed by atoms with E-state index in [1.807, 2.05) is 0 Å². The highest BCUT2D eigenvalue weighted by atomic mass is 15.2. The maximum atomic E-state index is 3.77. The number of likely N-dealkylation sites (N-methyl/N-ethyl adjacent to an activating group) is 1. The van der Waals surface area contributed by atoms with E-state index in [-0.39, 0.29) is 5.54 Å². The molecule has 0 heterocycles. The molecular weight excluding hydrogens is 232 g/mol. The van der Waals surface area contributed by atoms with E-state index >= 15 is 0 Å². The second-order valence-electron chi connectivity index (χ2n) is 5.50. The number of hydrogen-bond acceptors (Lipinski definition) is 2. The maximum absolute atomic E-state index is 3.77. The van der Waals surface area contributed by atoms with Crippen molar-refractivity contribution in [3.63, 3.8) is 0 Å². The molecule has 1 atom stereocenters. The minimum Gasteiger partial charge on any atom is -0.308 e. The fourth-order valence-corrected chi connectivity index (χ4v) is 3.10. The van der Waals surface area contributed by atoms with E-state index in [2.05, 4.69) is 75.4 Å². The summed E-state index contributed by atoms with van der Waals surface area (Å²) in [6, 6.07) is 11.3. The average molecular weight is 262 g/mol. The van der Waals surface area contributed by atoms with Gasteiger partial charge in [0.1, 0.15) is 0 Å². The van der Waals surface area contributed by atoms with Gasteiger partial charge in [0, 0.05) is 5.54 Å². The Hall–Kier alpha value is -0.860. The van der Waals surface area contributed by atoms with Crippen LogP contribution >= 0.6 is 0 Å². The third-order valence-corrected chi connectivity index (χ3v) is 4.38. The summed E-state index contributed by atoms with van der Waals surface area (Å²) in [6.45, 7) is 7.89. The normalized spacial score (nSPS) is 13.8. The summed E-state index contributed by atoms with van der Waals surface area (Å²) in [5.41, 5.74) is 1.57. The van der Waals surface area contributed by atoms with E-state index in [9.17, 15) is 0 Å². The van der Waals surface area contributed by atoms with Crippen LogP contribution < -0.4 is 5.32 Å². The monoisotopic (exact) mass is 262 g/mol. The number of nitrogens with zero attached hydrogens (tertiary/aromatic N) is 1. The van der Waals surface area contributed by atoms with E-state index in [0.29, 0.717) is 6.04 Å². The number of hydrogen-bond donors (Lipinski definition) is 1. The Labute approximate surface area is 119 Å². The first-order valence-electron chi connectivity index (χ1n) is 7.58. The molecule has 0 radical (unpaired) electrons. The Morgan fingerprint density at radius 1 is 1.05 bits per heavy atom. The molecule has 1 N–H and O–H groups in total. The van der Waals surface area contributed by atoms with Crippen molar-refractivity contribution in [2.75, 3.05) is 20.6 Å². The number of nitrogens with one attached hydrogen (secondary N) is 1. The molecule has 0 amide bonds. The largest absolute Gasteiger partial charge is 0.308 e. The van der Waals surface area contributed by atoms with E-state index in [0.717, 1.165) is 19.4 Å². The van der Waals surface area contributed by atoms with Crippen LogP contribution in [0.3, 0.4) is 0 Å². The van der Waals surface area contributed by atoms with Gasteiger partial charge in [-0.2, -0.15) is 0 Å². The van der Waals surface area contributed by atoms with E-state index in [4.69, 9.17) is 0 Å². The van der Waals surface area contributed by atoms with Crippen LogP contribution in [0, 0.1) is 0 Å². The van der Waals surface area contributed by atoms with Crippen LogP contribution in [0.5, 0.6) is 0 Å². The standard InChI is InChI=1S/C17H30N2/c1-6-14-18-16(15-12-10-9-11-13-15)17(7-2,8-3)19(4)5/h9-13,16,18H,6-8,14H2,1-5H3. The van der Waals surface area contributed by atoms with Crippen LogP contribution in [0.25, 0.3) is 0 Å². The molecule has 0 saturated heterocycles. The SMILES string of the molecule is CCCNC(c1ccccc1)C(CC)(CC)N(C)C. The smallest absolute Gasteiger partial charge is 0.0506 e. The van der Waals surface area contributed by atoms with Gasteiger partial charge in [-0.3, -0.25) is 0 Å². The summed E-state index contributed by atoms with van der Waals surface area (Å²) < 4.78 is 0. The zero-order chi connectivity index (χ0) is 14.3. The molecule has 1 rings (SSSR count). The van der Waals surface area contributed by atoms with E-state index in [1.165, 1.54) is 12.0 Å². The van der Waals surface area contributed by atoms with Crippen molar-refractivity contribution < 1.29 is 0 Å². The van der Waals surface area contributed by atoms with Gasteiger partial charge in [-0.1, -0.05) is 51.1 Å². The minimum atomic E-state index is 0.177. The zero-order valence-electron chi connectivity index (χ0n) is 13.2. The lowest BCUT2D eigenvalue weighted by Crippen LogP contribution is -2.53. The van der Waals surface area contributed by atoms with Gasteiger partial charge >= 0.3 is 0 Å². The molecule has 0 fully saturated rings. The number of benzene rings is 1. The zero-order valence-corrected chi connectivity index (χ0v) is 13.2. The molecule has 19 heavy (non-hydrogen) atoms. The first-order valence-corrected chi connectivity index (χ1v) is 7.58. The molecular formula is C17H30N2. The van der Waals surface area contributed by atoms with Crippen molar-refractivity contribution in [1.29, 1.82) is 0 Å². The Morgan fingerprint density at radius 3 is 2.05 bits per heavy atom. The van der Waals surface area contributed by atoms with Crippen molar-refractivity contribution >= 4 is 0 Å². The predicted octanol–water partition coefficient (Wildman–Crippen LogP) is 3.85. The Kier molecular flexibility index (Phi) is 6.53. The Bertz CT molecular complexity index is 342. The van der Waals surface area contributed by atoms with Gasteiger partial charge in [0.15, 0.2) is 0 Å². The van der Waals surface area contributed by atoms with Crippen molar-refractivity contribution in [2.24, 2.45) is 0 Å². The summed E-state index contributed by atoms with van der Waals surface area (Å²) in [5.74, 6) is 0. The molecule has 1 aromatic rings.